The molecule has 3 nitrogen and oxygen atoms in total. The van der Waals surface area contributed by atoms with Crippen molar-refractivity contribution in [2.45, 2.75) is 25.7 Å². The maximum Gasteiger partial charge on any atom is 0.122 e. The lowest BCUT2D eigenvalue weighted by Gasteiger charge is -2.12. The third kappa shape index (κ3) is 4.22. The summed E-state index contributed by atoms with van der Waals surface area (Å²) < 4.78 is 10.9. The molecule has 1 aromatic carbocycles. The molecule has 3 heteroatoms. The van der Waals surface area contributed by atoms with Crippen molar-refractivity contribution < 1.29 is 14.4 Å². The molecule has 0 aliphatic carbocycles. The molecule has 1 fully saturated rings. The summed E-state index contributed by atoms with van der Waals surface area (Å²) in [6.07, 6.45) is 5.23. The number of hydrogen-bond acceptors (Lipinski definition) is 2. The van der Waals surface area contributed by atoms with Crippen molar-refractivity contribution in [2.24, 2.45) is 0 Å². The topological polar surface area (TPSA) is 22.9 Å². The van der Waals surface area contributed by atoms with Crippen molar-refractivity contribution in [3.8, 4) is 11.5 Å². The molecule has 100 valence electrons. The average Bonchev–Trinajstić information content (AvgIpc) is 2.92. The van der Waals surface area contributed by atoms with Crippen molar-refractivity contribution in [3.63, 3.8) is 0 Å². The van der Waals surface area contributed by atoms with Gasteiger partial charge in [-0.1, -0.05) is 6.07 Å². The van der Waals surface area contributed by atoms with Crippen LogP contribution in [0, 0.1) is 0 Å². The zero-order valence-corrected chi connectivity index (χ0v) is 11.3. The number of nitrogens with one attached hydrogen (secondary N) is 1. The predicted octanol–water partition coefficient (Wildman–Crippen LogP) is 1.53. The van der Waals surface area contributed by atoms with Crippen LogP contribution in [0.25, 0.3) is 0 Å². The fraction of sp³-hybridized carbons (Fsp3) is 0.600. The van der Waals surface area contributed by atoms with Gasteiger partial charge in [-0.3, -0.25) is 0 Å². The van der Waals surface area contributed by atoms with Crippen LogP contribution in [-0.4, -0.2) is 33.4 Å². The van der Waals surface area contributed by atoms with E-state index in [0.717, 1.165) is 24.5 Å². The molecule has 1 aromatic rings. The van der Waals surface area contributed by atoms with E-state index in [1.54, 1.807) is 12.0 Å². The van der Waals surface area contributed by atoms with Gasteiger partial charge in [0.2, 0.25) is 0 Å². The molecule has 0 amide bonds. The summed E-state index contributed by atoms with van der Waals surface area (Å²) in [4.78, 5) is 1.77. The Morgan fingerprint density at radius 3 is 2.67 bits per heavy atom. The van der Waals surface area contributed by atoms with E-state index >= 15 is 0 Å². The van der Waals surface area contributed by atoms with Crippen LogP contribution in [0.2, 0.25) is 0 Å². The highest BCUT2D eigenvalue weighted by Gasteiger charge is 2.13. The lowest BCUT2D eigenvalue weighted by atomic mass is 10.3. The Bertz CT molecular complexity index is 348. The number of likely N-dealkylation sites (tertiary alicyclic amines) is 1. The number of unbranched alkanes of at least 4 members (excludes halogenated alkanes) is 1. The van der Waals surface area contributed by atoms with Crippen molar-refractivity contribution in [2.75, 3.05) is 33.4 Å². The Morgan fingerprint density at radius 1 is 1.11 bits per heavy atom. The maximum absolute atomic E-state index is 5.72. The molecular weight excluding hydrogens is 226 g/mol. The van der Waals surface area contributed by atoms with Gasteiger partial charge in [-0.25, -0.2) is 0 Å². The van der Waals surface area contributed by atoms with Crippen LogP contribution in [0.3, 0.4) is 0 Å². The van der Waals surface area contributed by atoms with Gasteiger partial charge in [-0.05, 0) is 25.0 Å². The van der Waals surface area contributed by atoms with E-state index < -0.39 is 0 Å². The van der Waals surface area contributed by atoms with Gasteiger partial charge in [0.15, 0.2) is 0 Å². The number of ether oxygens (including phenoxy) is 2. The summed E-state index contributed by atoms with van der Waals surface area (Å²) in [6, 6.07) is 7.81. The minimum Gasteiger partial charge on any atom is -0.497 e. The molecule has 0 unspecified atom stereocenters. The van der Waals surface area contributed by atoms with Gasteiger partial charge in [0, 0.05) is 18.9 Å². The zero-order valence-electron chi connectivity index (χ0n) is 11.3. The molecule has 0 atom stereocenters. The SMILES string of the molecule is COc1cccc(OCCCC[NH+]2CCCC2)c1. The van der Waals surface area contributed by atoms with Crippen molar-refractivity contribution in [1.82, 2.24) is 0 Å². The highest BCUT2D eigenvalue weighted by atomic mass is 16.5. The summed E-state index contributed by atoms with van der Waals surface area (Å²) in [5, 5.41) is 0. The minimum absolute atomic E-state index is 0.806. The molecule has 1 heterocycles. The first-order chi connectivity index (χ1) is 8.88. The van der Waals surface area contributed by atoms with E-state index in [-0.39, 0.29) is 0 Å². The molecule has 1 aliphatic heterocycles. The van der Waals surface area contributed by atoms with Gasteiger partial charge in [-0.2, -0.15) is 0 Å². The van der Waals surface area contributed by atoms with Gasteiger partial charge in [0.1, 0.15) is 11.5 Å². The summed E-state index contributed by atoms with van der Waals surface area (Å²) >= 11 is 0. The highest BCUT2D eigenvalue weighted by Crippen LogP contribution is 2.18. The van der Waals surface area contributed by atoms with Gasteiger partial charge < -0.3 is 14.4 Å². The van der Waals surface area contributed by atoms with Gasteiger partial charge >= 0.3 is 0 Å². The molecule has 0 bridgehead atoms. The summed E-state index contributed by atoms with van der Waals surface area (Å²) in [5.74, 6) is 1.76. The third-order valence-electron chi connectivity index (χ3n) is 3.55. The molecule has 0 spiro atoms. The fourth-order valence-corrected chi connectivity index (χ4v) is 2.48. The molecular formula is C15H24NO2+. The third-order valence-corrected chi connectivity index (χ3v) is 3.55. The summed E-state index contributed by atoms with van der Waals surface area (Å²) in [6.45, 7) is 4.86. The molecule has 0 aromatic heterocycles. The largest absolute Gasteiger partial charge is 0.497 e. The molecule has 2 rings (SSSR count). The summed E-state index contributed by atoms with van der Waals surface area (Å²) in [5.41, 5.74) is 0. The summed E-state index contributed by atoms with van der Waals surface area (Å²) in [7, 11) is 1.68. The molecule has 0 saturated carbocycles. The lowest BCUT2D eigenvalue weighted by molar-refractivity contribution is -0.887. The van der Waals surface area contributed by atoms with E-state index in [1.165, 1.54) is 38.9 Å². The highest BCUT2D eigenvalue weighted by molar-refractivity contribution is 5.32. The van der Waals surface area contributed by atoms with E-state index in [2.05, 4.69) is 0 Å². The van der Waals surface area contributed by atoms with Crippen LogP contribution in [0.15, 0.2) is 24.3 Å². The number of benzene rings is 1. The monoisotopic (exact) mass is 250 g/mol. The Hall–Kier alpha value is -1.22. The van der Waals surface area contributed by atoms with Crippen LogP contribution >= 0.6 is 0 Å². The standard InChI is InChI=1S/C15H23NO2/c1-17-14-7-6-8-15(13-14)18-12-5-4-11-16-9-2-3-10-16/h6-8,13H,2-5,9-12H2,1H3/p+1. The van der Waals surface area contributed by atoms with Crippen molar-refractivity contribution >= 4 is 0 Å². The number of quaternary nitrogens is 1. The smallest absolute Gasteiger partial charge is 0.122 e. The zero-order chi connectivity index (χ0) is 12.6. The Kier molecular flexibility index (Phi) is 5.34. The van der Waals surface area contributed by atoms with E-state index in [4.69, 9.17) is 9.47 Å². The van der Waals surface area contributed by atoms with Crippen LogP contribution in [0.5, 0.6) is 11.5 Å². The first-order valence-corrected chi connectivity index (χ1v) is 6.99. The second kappa shape index (κ2) is 7.27. The van der Waals surface area contributed by atoms with Crippen LogP contribution in [-0.2, 0) is 0 Å². The quantitative estimate of drug-likeness (QED) is 0.742. The second-order valence-electron chi connectivity index (χ2n) is 4.94. The van der Waals surface area contributed by atoms with E-state index in [9.17, 15) is 0 Å². The van der Waals surface area contributed by atoms with Crippen LogP contribution < -0.4 is 14.4 Å². The van der Waals surface area contributed by atoms with E-state index in [1.807, 2.05) is 24.3 Å². The predicted molar refractivity (Wildman–Crippen MR) is 72.5 cm³/mol. The molecule has 0 radical (unpaired) electrons. The Labute approximate surface area is 110 Å². The first-order valence-electron chi connectivity index (χ1n) is 6.99. The number of hydrogen-bond donors (Lipinski definition) is 1. The Morgan fingerprint density at radius 2 is 1.89 bits per heavy atom. The molecule has 1 saturated heterocycles. The van der Waals surface area contributed by atoms with Crippen LogP contribution in [0.1, 0.15) is 25.7 Å². The fourth-order valence-electron chi connectivity index (χ4n) is 2.48. The Balaban J connectivity index is 1.59. The van der Waals surface area contributed by atoms with Crippen molar-refractivity contribution in [3.05, 3.63) is 24.3 Å². The van der Waals surface area contributed by atoms with Gasteiger partial charge in [0.25, 0.3) is 0 Å². The second-order valence-corrected chi connectivity index (χ2v) is 4.94. The van der Waals surface area contributed by atoms with Gasteiger partial charge in [0.05, 0.1) is 33.4 Å². The van der Waals surface area contributed by atoms with Gasteiger partial charge in [-0.15, -0.1) is 0 Å². The van der Waals surface area contributed by atoms with Crippen molar-refractivity contribution in [1.29, 1.82) is 0 Å². The van der Waals surface area contributed by atoms with E-state index in [0.29, 0.717) is 0 Å². The number of rotatable bonds is 7. The molecule has 18 heavy (non-hydrogen) atoms. The maximum atomic E-state index is 5.72. The normalized spacial score (nSPS) is 15.8. The minimum atomic E-state index is 0.806. The molecule has 1 aliphatic rings. The molecule has 1 N–H and O–H groups in total. The number of methoxy groups -OCH3 is 1. The average molecular weight is 250 g/mol. The van der Waals surface area contributed by atoms with Crippen LogP contribution in [0.4, 0.5) is 0 Å². The lowest BCUT2D eigenvalue weighted by Crippen LogP contribution is -3.09. The first kappa shape index (κ1) is 13.2.